The third-order valence-electron chi connectivity index (χ3n) is 5.31. The molecule has 2 fully saturated rings. The van der Waals surface area contributed by atoms with Crippen LogP contribution in [0.15, 0.2) is 41.6 Å². The molecular weight excluding hydrogens is 398 g/mol. The molecule has 0 amide bonds. The molecule has 2 aromatic rings. The summed E-state index contributed by atoms with van der Waals surface area (Å²) in [5, 5.41) is 0.631. The van der Waals surface area contributed by atoms with E-state index >= 15 is 0 Å². The highest BCUT2D eigenvalue weighted by Gasteiger charge is 2.26. The van der Waals surface area contributed by atoms with E-state index in [1.807, 2.05) is 18.2 Å². The van der Waals surface area contributed by atoms with Crippen LogP contribution in [-0.2, 0) is 10.0 Å². The monoisotopic (exact) mass is 421 g/mol. The van der Waals surface area contributed by atoms with Gasteiger partial charge >= 0.3 is 0 Å². The van der Waals surface area contributed by atoms with Gasteiger partial charge in [0, 0.05) is 51.7 Å². The van der Waals surface area contributed by atoms with Gasteiger partial charge in [-0.2, -0.15) is 4.31 Å². The van der Waals surface area contributed by atoms with Gasteiger partial charge in [0.25, 0.3) is 0 Å². The van der Waals surface area contributed by atoms with E-state index in [1.54, 1.807) is 16.6 Å². The lowest BCUT2D eigenvalue weighted by Crippen LogP contribution is -2.47. The molecule has 150 valence electrons. The number of piperidine rings is 1. The SMILES string of the molecule is O=S(=O)(c1ccc(N2CCN(c3ccc(Cl)cn3)CC2)nc1)N1CCCCC1. The number of piperazine rings is 1. The standard InChI is InChI=1S/C19H24ClN5O2S/c20-16-4-6-18(21-14-16)23-10-12-24(13-11-23)19-7-5-17(15-22-19)28(26,27)25-8-2-1-3-9-25/h4-7,14-15H,1-3,8-13H2. The second kappa shape index (κ2) is 8.23. The van der Waals surface area contributed by atoms with Crippen LogP contribution in [-0.4, -0.2) is 62.0 Å². The molecular formula is C19H24ClN5O2S. The van der Waals surface area contributed by atoms with Crippen molar-refractivity contribution in [2.75, 3.05) is 49.1 Å². The fraction of sp³-hybridized carbons (Fsp3) is 0.474. The van der Waals surface area contributed by atoms with E-state index in [2.05, 4.69) is 19.8 Å². The minimum atomic E-state index is -3.43. The fourth-order valence-corrected chi connectivity index (χ4v) is 5.26. The molecule has 2 aromatic heterocycles. The van der Waals surface area contributed by atoms with Crippen LogP contribution >= 0.6 is 11.6 Å². The lowest BCUT2D eigenvalue weighted by atomic mass is 10.2. The highest BCUT2D eigenvalue weighted by atomic mass is 35.5. The van der Waals surface area contributed by atoms with Crippen LogP contribution in [0.5, 0.6) is 0 Å². The quantitative estimate of drug-likeness (QED) is 0.755. The maximum Gasteiger partial charge on any atom is 0.244 e. The van der Waals surface area contributed by atoms with Crippen LogP contribution in [0.25, 0.3) is 0 Å². The Morgan fingerprint density at radius 3 is 1.82 bits per heavy atom. The van der Waals surface area contributed by atoms with E-state index in [-0.39, 0.29) is 4.90 Å². The van der Waals surface area contributed by atoms with E-state index in [9.17, 15) is 8.42 Å². The maximum atomic E-state index is 12.7. The summed E-state index contributed by atoms with van der Waals surface area (Å²) in [6.45, 7) is 4.45. The van der Waals surface area contributed by atoms with Crippen LogP contribution in [0.2, 0.25) is 5.02 Å². The number of pyridine rings is 2. The van der Waals surface area contributed by atoms with Crippen molar-refractivity contribution in [3.8, 4) is 0 Å². The van der Waals surface area contributed by atoms with Gasteiger partial charge in [0.1, 0.15) is 16.5 Å². The van der Waals surface area contributed by atoms with E-state index in [1.165, 1.54) is 6.20 Å². The predicted octanol–water partition coefficient (Wildman–Crippen LogP) is 2.63. The molecule has 0 N–H and O–H groups in total. The average molecular weight is 422 g/mol. The minimum absolute atomic E-state index is 0.280. The highest BCUT2D eigenvalue weighted by Crippen LogP contribution is 2.23. The van der Waals surface area contributed by atoms with E-state index in [0.29, 0.717) is 18.1 Å². The first-order valence-electron chi connectivity index (χ1n) is 9.62. The number of rotatable bonds is 4. The summed E-state index contributed by atoms with van der Waals surface area (Å²) in [7, 11) is -3.43. The molecule has 28 heavy (non-hydrogen) atoms. The minimum Gasteiger partial charge on any atom is -0.353 e. The molecule has 4 rings (SSSR count). The maximum absolute atomic E-state index is 12.7. The topological polar surface area (TPSA) is 69.6 Å². The molecule has 9 heteroatoms. The van der Waals surface area contributed by atoms with Gasteiger partial charge in [-0.15, -0.1) is 0 Å². The second-order valence-corrected chi connectivity index (χ2v) is 9.50. The van der Waals surface area contributed by atoms with Gasteiger partial charge in [-0.1, -0.05) is 18.0 Å². The van der Waals surface area contributed by atoms with Crippen LogP contribution in [0.1, 0.15) is 19.3 Å². The zero-order chi connectivity index (χ0) is 19.6. The zero-order valence-electron chi connectivity index (χ0n) is 15.7. The lowest BCUT2D eigenvalue weighted by molar-refractivity contribution is 0.346. The third kappa shape index (κ3) is 4.09. The zero-order valence-corrected chi connectivity index (χ0v) is 17.2. The number of sulfonamides is 1. The molecule has 4 heterocycles. The van der Waals surface area contributed by atoms with Gasteiger partial charge in [-0.3, -0.25) is 0 Å². The van der Waals surface area contributed by atoms with Crippen molar-refractivity contribution in [1.82, 2.24) is 14.3 Å². The molecule has 0 aliphatic carbocycles. The van der Waals surface area contributed by atoms with Crippen LogP contribution in [0.4, 0.5) is 11.6 Å². The molecule has 7 nitrogen and oxygen atoms in total. The van der Waals surface area contributed by atoms with Crippen LogP contribution in [0.3, 0.4) is 0 Å². The molecule has 2 aliphatic rings. The molecule has 0 bridgehead atoms. The first-order chi connectivity index (χ1) is 13.5. The Balaban J connectivity index is 1.40. The number of anilines is 2. The van der Waals surface area contributed by atoms with Gasteiger partial charge in [0.05, 0.1) is 5.02 Å². The normalized spacial score (nSPS) is 19.0. The Bertz CT molecular complexity index is 891. The predicted molar refractivity (Wildman–Crippen MR) is 111 cm³/mol. The number of aromatic nitrogens is 2. The van der Waals surface area contributed by atoms with Gasteiger partial charge in [-0.25, -0.2) is 18.4 Å². The summed E-state index contributed by atoms with van der Waals surface area (Å²) in [6.07, 6.45) is 6.11. The number of hydrogen-bond donors (Lipinski definition) is 0. The van der Waals surface area contributed by atoms with E-state index in [4.69, 9.17) is 11.6 Å². The molecule has 0 spiro atoms. The number of hydrogen-bond acceptors (Lipinski definition) is 6. The fourth-order valence-electron chi connectivity index (χ4n) is 3.69. The molecule has 0 radical (unpaired) electrons. The van der Waals surface area contributed by atoms with Crippen molar-refractivity contribution in [3.63, 3.8) is 0 Å². The first kappa shape index (κ1) is 19.4. The van der Waals surface area contributed by atoms with Gasteiger partial charge in [0.2, 0.25) is 10.0 Å². The molecule has 0 unspecified atom stereocenters. The van der Waals surface area contributed by atoms with E-state index in [0.717, 1.165) is 57.1 Å². The van der Waals surface area contributed by atoms with E-state index < -0.39 is 10.0 Å². The number of halogens is 1. The van der Waals surface area contributed by atoms with Crippen LogP contribution in [0, 0.1) is 0 Å². The van der Waals surface area contributed by atoms with Gasteiger partial charge < -0.3 is 9.80 Å². The smallest absolute Gasteiger partial charge is 0.244 e. The van der Waals surface area contributed by atoms with Crippen molar-refractivity contribution < 1.29 is 8.42 Å². The molecule has 0 aromatic carbocycles. The summed E-state index contributed by atoms with van der Waals surface area (Å²) < 4.78 is 27.1. The summed E-state index contributed by atoms with van der Waals surface area (Å²) in [5.41, 5.74) is 0. The Morgan fingerprint density at radius 1 is 0.750 bits per heavy atom. The van der Waals surface area contributed by atoms with Gasteiger partial charge in [-0.05, 0) is 37.1 Å². The van der Waals surface area contributed by atoms with Crippen molar-refractivity contribution in [3.05, 3.63) is 41.7 Å². The van der Waals surface area contributed by atoms with Crippen molar-refractivity contribution in [1.29, 1.82) is 0 Å². The Morgan fingerprint density at radius 2 is 1.32 bits per heavy atom. The summed E-state index contributed by atoms with van der Waals surface area (Å²) in [4.78, 5) is 13.5. The average Bonchev–Trinajstić information content (AvgIpc) is 2.75. The molecule has 2 saturated heterocycles. The van der Waals surface area contributed by atoms with Crippen molar-refractivity contribution in [2.45, 2.75) is 24.2 Å². The first-order valence-corrected chi connectivity index (χ1v) is 11.4. The Labute approximate surface area is 171 Å². The molecule has 0 saturated carbocycles. The largest absolute Gasteiger partial charge is 0.353 e. The second-order valence-electron chi connectivity index (χ2n) is 7.13. The summed E-state index contributed by atoms with van der Waals surface area (Å²) >= 11 is 5.90. The van der Waals surface area contributed by atoms with Crippen molar-refractivity contribution >= 4 is 33.3 Å². The number of nitrogens with zero attached hydrogens (tertiary/aromatic N) is 5. The Kier molecular flexibility index (Phi) is 5.70. The third-order valence-corrected chi connectivity index (χ3v) is 7.42. The summed E-state index contributed by atoms with van der Waals surface area (Å²) in [5.74, 6) is 1.72. The molecule has 2 aliphatic heterocycles. The van der Waals surface area contributed by atoms with Gasteiger partial charge in [0.15, 0.2) is 0 Å². The lowest BCUT2D eigenvalue weighted by Gasteiger charge is -2.36. The van der Waals surface area contributed by atoms with Crippen LogP contribution < -0.4 is 9.80 Å². The van der Waals surface area contributed by atoms with Crippen molar-refractivity contribution in [2.24, 2.45) is 0 Å². The molecule has 0 atom stereocenters. The Hall–Kier alpha value is -1.90. The highest BCUT2D eigenvalue weighted by molar-refractivity contribution is 7.89. The summed E-state index contributed by atoms with van der Waals surface area (Å²) in [6, 6.07) is 7.27.